The van der Waals surface area contributed by atoms with Crippen molar-refractivity contribution in [1.82, 2.24) is 9.80 Å². The Balaban J connectivity index is 1.95. The molecular weight excluding hydrogens is 234 g/mol. The number of likely N-dealkylation sites (N-methyl/N-ethyl adjacent to an activating group) is 1. The molecule has 2 fully saturated rings. The highest BCUT2D eigenvalue weighted by atomic mass is 15.2. The van der Waals surface area contributed by atoms with Crippen molar-refractivity contribution >= 4 is 0 Å². The first-order valence-electron chi connectivity index (χ1n) is 8.34. The summed E-state index contributed by atoms with van der Waals surface area (Å²) >= 11 is 0. The summed E-state index contributed by atoms with van der Waals surface area (Å²) in [6.45, 7) is 8.04. The third-order valence-electron chi connectivity index (χ3n) is 5.65. The van der Waals surface area contributed by atoms with E-state index in [1.807, 2.05) is 0 Å². The molecule has 3 nitrogen and oxygen atoms in total. The van der Waals surface area contributed by atoms with Gasteiger partial charge in [0.05, 0.1) is 0 Å². The summed E-state index contributed by atoms with van der Waals surface area (Å²) in [4.78, 5) is 5.21. The van der Waals surface area contributed by atoms with Crippen molar-refractivity contribution in [2.75, 3.05) is 39.8 Å². The molecule has 1 heterocycles. The molecular formula is C16H33N3. The Morgan fingerprint density at radius 1 is 1.16 bits per heavy atom. The van der Waals surface area contributed by atoms with E-state index in [1.165, 1.54) is 71.1 Å². The highest BCUT2D eigenvalue weighted by Crippen LogP contribution is 2.31. The zero-order valence-corrected chi connectivity index (χ0v) is 13.0. The van der Waals surface area contributed by atoms with E-state index >= 15 is 0 Å². The molecule has 1 unspecified atom stereocenters. The number of likely N-dealkylation sites (tertiary alicyclic amines) is 1. The monoisotopic (exact) mass is 267 g/mol. The van der Waals surface area contributed by atoms with Crippen molar-refractivity contribution in [2.45, 2.75) is 57.4 Å². The lowest BCUT2D eigenvalue weighted by Gasteiger charge is -2.42. The lowest BCUT2D eigenvalue weighted by molar-refractivity contribution is 0.0898. The molecule has 112 valence electrons. The van der Waals surface area contributed by atoms with Gasteiger partial charge in [0.1, 0.15) is 0 Å². The van der Waals surface area contributed by atoms with Crippen LogP contribution in [0.4, 0.5) is 0 Å². The van der Waals surface area contributed by atoms with Crippen LogP contribution in [0.5, 0.6) is 0 Å². The van der Waals surface area contributed by atoms with Crippen molar-refractivity contribution in [2.24, 2.45) is 11.7 Å². The first-order valence-corrected chi connectivity index (χ1v) is 8.34. The minimum atomic E-state index is 0.270. The highest BCUT2D eigenvalue weighted by molar-refractivity contribution is 4.94. The van der Waals surface area contributed by atoms with Crippen LogP contribution in [0.1, 0.15) is 51.9 Å². The topological polar surface area (TPSA) is 32.5 Å². The Bertz CT molecular complexity index is 263. The SMILES string of the molecule is CCN1CCCC(CN)(N(C)CC2CCCC2)CC1. The molecule has 19 heavy (non-hydrogen) atoms. The minimum Gasteiger partial charge on any atom is -0.329 e. The van der Waals surface area contributed by atoms with E-state index in [0.29, 0.717) is 0 Å². The standard InChI is InChI=1S/C16H33N3/c1-3-19-11-6-9-16(14-17,10-12-19)18(2)13-15-7-4-5-8-15/h15H,3-14,17H2,1-2H3. The van der Waals surface area contributed by atoms with Gasteiger partial charge in [0.25, 0.3) is 0 Å². The average molecular weight is 267 g/mol. The van der Waals surface area contributed by atoms with Gasteiger partial charge in [-0.15, -0.1) is 0 Å². The lowest BCUT2D eigenvalue weighted by atomic mass is 9.88. The third-order valence-corrected chi connectivity index (χ3v) is 5.65. The molecule has 0 aromatic heterocycles. The zero-order valence-electron chi connectivity index (χ0n) is 13.0. The summed E-state index contributed by atoms with van der Waals surface area (Å²) in [5.74, 6) is 0.930. The average Bonchev–Trinajstić information content (AvgIpc) is 2.83. The summed E-state index contributed by atoms with van der Waals surface area (Å²) in [5, 5.41) is 0. The van der Waals surface area contributed by atoms with Crippen molar-refractivity contribution in [1.29, 1.82) is 0 Å². The number of nitrogens with two attached hydrogens (primary N) is 1. The van der Waals surface area contributed by atoms with Gasteiger partial charge in [-0.05, 0) is 64.7 Å². The fourth-order valence-corrected chi connectivity index (χ4v) is 4.07. The molecule has 1 saturated carbocycles. The van der Waals surface area contributed by atoms with E-state index in [2.05, 4.69) is 23.8 Å². The smallest absolute Gasteiger partial charge is 0.0341 e. The van der Waals surface area contributed by atoms with Crippen LogP contribution >= 0.6 is 0 Å². The molecule has 3 heteroatoms. The van der Waals surface area contributed by atoms with Crippen LogP contribution in [0.15, 0.2) is 0 Å². The van der Waals surface area contributed by atoms with Gasteiger partial charge in [0.2, 0.25) is 0 Å². The summed E-state index contributed by atoms with van der Waals surface area (Å²) in [7, 11) is 2.33. The first-order chi connectivity index (χ1) is 9.20. The van der Waals surface area contributed by atoms with Gasteiger partial charge in [-0.3, -0.25) is 4.90 Å². The summed E-state index contributed by atoms with van der Waals surface area (Å²) in [6.07, 6.45) is 9.59. The normalized spacial score (nSPS) is 30.9. The second-order valence-electron chi connectivity index (χ2n) is 6.75. The van der Waals surface area contributed by atoms with E-state index in [0.717, 1.165) is 12.5 Å². The molecule has 0 radical (unpaired) electrons. The zero-order chi connectivity index (χ0) is 13.7. The quantitative estimate of drug-likeness (QED) is 0.830. The van der Waals surface area contributed by atoms with Crippen LogP contribution in [0.3, 0.4) is 0 Å². The van der Waals surface area contributed by atoms with Crippen LogP contribution < -0.4 is 5.73 Å². The van der Waals surface area contributed by atoms with Crippen molar-refractivity contribution in [3.63, 3.8) is 0 Å². The molecule has 2 N–H and O–H groups in total. The van der Waals surface area contributed by atoms with Crippen molar-refractivity contribution in [3.05, 3.63) is 0 Å². The molecule has 0 spiro atoms. The first kappa shape index (κ1) is 15.3. The van der Waals surface area contributed by atoms with Crippen molar-refractivity contribution < 1.29 is 0 Å². The summed E-state index contributed by atoms with van der Waals surface area (Å²) < 4.78 is 0. The van der Waals surface area contributed by atoms with E-state index in [4.69, 9.17) is 5.73 Å². The van der Waals surface area contributed by atoms with Gasteiger partial charge < -0.3 is 10.6 Å². The second-order valence-corrected chi connectivity index (χ2v) is 6.75. The van der Waals surface area contributed by atoms with Gasteiger partial charge in [-0.25, -0.2) is 0 Å². The Morgan fingerprint density at radius 3 is 2.53 bits per heavy atom. The fourth-order valence-electron chi connectivity index (χ4n) is 4.07. The van der Waals surface area contributed by atoms with Gasteiger partial charge in [-0.1, -0.05) is 19.8 Å². The van der Waals surface area contributed by atoms with Crippen LogP contribution in [-0.4, -0.2) is 55.1 Å². The molecule has 0 aromatic rings. The molecule has 1 atom stereocenters. The van der Waals surface area contributed by atoms with E-state index in [-0.39, 0.29) is 5.54 Å². The van der Waals surface area contributed by atoms with Gasteiger partial charge >= 0.3 is 0 Å². The fraction of sp³-hybridized carbons (Fsp3) is 1.00. The maximum absolute atomic E-state index is 6.21. The minimum absolute atomic E-state index is 0.270. The Kier molecular flexibility index (Phi) is 5.67. The second kappa shape index (κ2) is 7.05. The molecule has 1 aliphatic heterocycles. The molecule has 0 bridgehead atoms. The lowest BCUT2D eigenvalue weighted by Crippen LogP contribution is -2.53. The Hall–Kier alpha value is -0.120. The van der Waals surface area contributed by atoms with E-state index in [9.17, 15) is 0 Å². The summed E-state index contributed by atoms with van der Waals surface area (Å²) in [5.41, 5.74) is 6.48. The van der Waals surface area contributed by atoms with Crippen LogP contribution in [-0.2, 0) is 0 Å². The number of nitrogens with zero attached hydrogens (tertiary/aromatic N) is 2. The maximum Gasteiger partial charge on any atom is 0.0341 e. The number of hydrogen-bond donors (Lipinski definition) is 1. The molecule has 2 rings (SSSR count). The van der Waals surface area contributed by atoms with Gasteiger partial charge in [-0.2, -0.15) is 0 Å². The van der Waals surface area contributed by atoms with E-state index < -0.39 is 0 Å². The molecule has 0 aromatic carbocycles. The maximum atomic E-state index is 6.21. The molecule has 1 saturated heterocycles. The van der Waals surface area contributed by atoms with Crippen LogP contribution in [0.2, 0.25) is 0 Å². The molecule has 1 aliphatic carbocycles. The van der Waals surface area contributed by atoms with Crippen molar-refractivity contribution in [3.8, 4) is 0 Å². The van der Waals surface area contributed by atoms with Gasteiger partial charge in [0.15, 0.2) is 0 Å². The van der Waals surface area contributed by atoms with E-state index in [1.54, 1.807) is 0 Å². The number of rotatable bonds is 5. The molecule has 2 aliphatic rings. The largest absolute Gasteiger partial charge is 0.329 e. The Labute approximate surface area is 119 Å². The van der Waals surface area contributed by atoms with Crippen LogP contribution in [0.25, 0.3) is 0 Å². The number of hydrogen-bond acceptors (Lipinski definition) is 3. The highest BCUT2D eigenvalue weighted by Gasteiger charge is 2.36. The third kappa shape index (κ3) is 3.71. The Morgan fingerprint density at radius 2 is 1.89 bits per heavy atom. The van der Waals surface area contributed by atoms with Gasteiger partial charge in [0, 0.05) is 18.6 Å². The predicted octanol–water partition coefficient (Wildman–Crippen LogP) is 2.31. The summed E-state index contributed by atoms with van der Waals surface area (Å²) in [6, 6.07) is 0. The van der Waals surface area contributed by atoms with Crippen LogP contribution in [0, 0.1) is 5.92 Å². The predicted molar refractivity (Wildman–Crippen MR) is 82.3 cm³/mol. The molecule has 0 amide bonds.